The predicted molar refractivity (Wildman–Crippen MR) is 56.9 cm³/mol. The fourth-order valence-corrected chi connectivity index (χ4v) is 1.72. The van der Waals surface area contributed by atoms with Crippen LogP contribution in [-0.2, 0) is 0 Å². The van der Waals surface area contributed by atoms with Gasteiger partial charge >= 0.3 is 0 Å². The van der Waals surface area contributed by atoms with Crippen LogP contribution >= 0.6 is 11.6 Å². The minimum absolute atomic E-state index is 0.668. The highest BCUT2D eigenvalue weighted by Crippen LogP contribution is 2.08. The molecule has 0 aliphatic rings. The minimum Gasteiger partial charge on any atom is -0.296 e. The van der Waals surface area contributed by atoms with E-state index < -0.39 is 0 Å². The van der Waals surface area contributed by atoms with Crippen molar-refractivity contribution in [3.63, 3.8) is 0 Å². The van der Waals surface area contributed by atoms with Gasteiger partial charge in [0.25, 0.3) is 0 Å². The van der Waals surface area contributed by atoms with Crippen LogP contribution in [0.1, 0.15) is 26.7 Å². The molecule has 1 nitrogen and oxygen atoms in total. The van der Waals surface area contributed by atoms with E-state index in [1.165, 1.54) is 12.8 Å². The summed E-state index contributed by atoms with van der Waals surface area (Å²) in [5.74, 6) is 0.713. The molecular formula is C10H20ClN. The molecule has 0 bridgehead atoms. The van der Waals surface area contributed by atoms with E-state index in [9.17, 15) is 0 Å². The lowest BCUT2D eigenvalue weighted by molar-refractivity contribution is 0.218. The third-order valence-electron chi connectivity index (χ3n) is 2.19. The van der Waals surface area contributed by atoms with E-state index in [-0.39, 0.29) is 0 Å². The Morgan fingerprint density at radius 1 is 1.42 bits per heavy atom. The SMILES string of the molecule is C=CCN(CCCl)C(CC)CC. The molecule has 0 radical (unpaired) electrons. The van der Waals surface area contributed by atoms with Gasteiger partial charge in [0.05, 0.1) is 0 Å². The zero-order valence-corrected chi connectivity index (χ0v) is 8.98. The van der Waals surface area contributed by atoms with Gasteiger partial charge in [0, 0.05) is 25.0 Å². The molecule has 0 aromatic carbocycles. The van der Waals surface area contributed by atoms with Gasteiger partial charge in [0.1, 0.15) is 0 Å². The summed E-state index contributed by atoms with van der Waals surface area (Å²) in [4.78, 5) is 2.39. The summed E-state index contributed by atoms with van der Waals surface area (Å²) < 4.78 is 0. The monoisotopic (exact) mass is 189 g/mol. The van der Waals surface area contributed by atoms with Crippen molar-refractivity contribution in [3.8, 4) is 0 Å². The third kappa shape index (κ3) is 4.13. The van der Waals surface area contributed by atoms with E-state index in [1.807, 2.05) is 6.08 Å². The van der Waals surface area contributed by atoms with Crippen molar-refractivity contribution < 1.29 is 0 Å². The van der Waals surface area contributed by atoms with Gasteiger partial charge in [0.2, 0.25) is 0 Å². The summed E-state index contributed by atoms with van der Waals surface area (Å²) in [6.07, 6.45) is 4.34. The van der Waals surface area contributed by atoms with Crippen LogP contribution in [0, 0.1) is 0 Å². The zero-order chi connectivity index (χ0) is 9.40. The molecule has 0 rings (SSSR count). The van der Waals surface area contributed by atoms with Crippen molar-refractivity contribution in [2.24, 2.45) is 0 Å². The van der Waals surface area contributed by atoms with E-state index in [0.717, 1.165) is 13.1 Å². The Labute approximate surface area is 81.4 Å². The summed E-state index contributed by atoms with van der Waals surface area (Å²) in [7, 11) is 0. The van der Waals surface area contributed by atoms with Gasteiger partial charge < -0.3 is 0 Å². The molecule has 0 aromatic heterocycles. The lowest BCUT2D eigenvalue weighted by Gasteiger charge is -2.28. The Kier molecular flexibility index (Phi) is 7.62. The number of hydrogen-bond donors (Lipinski definition) is 0. The smallest absolute Gasteiger partial charge is 0.0351 e. The number of nitrogens with zero attached hydrogens (tertiary/aromatic N) is 1. The second-order valence-electron chi connectivity index (χ2n) is 2.94. The molecule has 0 aliphatic heterocycles. The summed E-state index contributed by atoms with van der Waals surface area (Å²) in [5.41, 5.74) is 0. The minimum atomic E-state index is 0.668. The first-order valence-electron chi connectivity index (χ1n) is 4.71. The van der Waals surface area contributed by atoms with E-state index in [0.29, 0.717) is 11.9 Å². The second-order valence-corrected chi connectivity index (χ2v) is 3.32. The Hall–Kier alpha value is -0.0100. The number of hydrogen-bond acceptors (Lipinski definition) is 1. The van der Waals surface area contributed by atoms with Gasteiger partial charge in [-0.3, -0.25) is 4.90 Å². The average molecular weight is 190 g/mol. The van der Waals surface area contributed by atoms with Gasteiger partial charge in [-0.15, -0.1) is 18.2 Å². The molecule has 0 saturated carbocycles. The number of halogens is 1. The normalized spacial score (nSPS) is 11.1. The standard InChI is InChI=1S/C10H20ClN/c1-4-8-12(9-7-11)10(5-2)6-3/h4,10H,1,5-9H2,2-3H3. The van der Waals surface area contributed by atoms with Crippen LogP contribution in [0.25, 0.3) is 0 Å². The number of rotatable bonds is 7. The highest BCUT2D eigenvalue weighted by molar-refractivity contribution is 6.18. The van der Waals surface area contributed by atoms with Crippen molar-refractivity contribution in [3.05, 3.63) is 12.7 Å². The maximum Gasteiger partial charge on any atom is 0.0351 e. The van der Waals surface area contributed by atoms with Gasteiger partial charge in [-0.25, -0.2) is 0 Å². The van der Waals surface area contributed by atoms with E-state index in [2.05, 4.69) is 25.3 Å². The van der Waals surface area contributed by atoms with Crippen LogP contribution in [0.3, 0.4) is 0 Å². The molecule has 0 aromatic rings. The van der Waals surface area contributed by atoms with E-state index in [4.69, 9.17) is 11.6 Å². The van der Waals surface area contributed by atoms with Crippen LogP contribution in [0.4, 0.5) is 0 Å². The van der Waals surface area contributed by atoms with Crippen molar-refractivity contribution in [1.29, 1.82) is 0 Å². The first-order chi connectivity index (χ1) is 5.79. The molecule has 0 atom stereocenters. The van der Waals surface area contributed by atoms with E-state index in [1.54, 1.807) is 0 Å². The fourth-order valence-electron chi connectivity index (χ4n) is 1.50. The lowest BCUT2D eigenvalue weighted by Crippen LogP contribution is -2.36. The summed E-state index contributed by atoms with van der Waals surface area (Å²) >= 11 is 5.71. The number of alkyl halides is 1. The molecule has 0 unspecified atom stereocenters. The molecule has 0 heterocycles. The lowest BCUT2D eigenvalue weighted by atomic mass is 10.1. The Morgan fingerprint density at radius 3 is 2.33 bits per heavy atom. The van der Waals surface area contributed by atoms with Crippen molar-refractivity contribution >= 4 is 11.6 Å². The molecule has 0 N–H and O–H groups in total. The Morgan fingerprint density at radius 2 is 2.00 bits per heavy atom. The third-order valence-corrected chi connectivity index (χ3v) is 2.36. The topological polar surface area (TPSA) is 3.24 Å². The highest BCUT2D eigenvalue weighted by Gasteiger charge is 2.11. The largest absolute Gasteiger partial charge is 0.296 e. The zero-order valence-electron chi connectivity index (χ0n) is 8.22. The average Bonchev–Trinajstić information content (AvgIpc) is 2.07. The van der Waals surface area contributed by atoms with Gasteiger partial charge in [-0.1, -0.05) is 19.9 Å². The Bertz CT molecular complexity index is 110. The molecule has 2 heteroatoms. The summed E-state index contributed by atoms with van der Waals surface area (Å²) in [6, 6.07) is 0.668. The summed E-state index contributed by atoms with van der Waals surface area (Å²) in [6.45, 7) is 10.1. The first kappa shape index (κ1) is 12.0. The fraction of sp³-hybridized carbons (Fsp3) is 0.800. The molecule has 12 heavy (non-hydrogen) atoms. The van der Waals surface area contributed by atoms with Crippen LogP contribution < -0.4 is 0 Å². The molecule has 0 saturated heterocycles. The van der Waals surface area contributed by atoms with Crippen LogP contribution in [0.15, 0.2) is 12.7 Å². The molecule has 0 aliphatic carbocycles. The van der Waals surface area contributed by atoms with Gasteiger partial charge in [0.15, 0.2) is 0 Å². The van der Waals surface area contributed by atoms with E-state index >= 15 is 0 Å². The van der Waals surface area contributed by atoms with Gasteiger partial charge in [-0.2, -0.15) is 0 Å². The quantitative estimate of drug-likeness (QED) is 0.440. The maximum atomic E-state index is 5.71. The molecular weight excluding hydrogens is 170 g/mol. The van der Waals surface area contributed by atoms with Crippen molar-refractivity contribution in [2.75, 3.05) is 19.0 Å². The predicted octanol–water partition coefficient (Wildman–Crippen LogP) is 2.90. The molecule has 0 spiro atoms. The molecule has 72 valence electrons. The van der Waals surface area contributed by atoms with Crippen molar-refractivity contribution in [1.82, 2.24) is 4.90 Å². The van der Waals surface area contributed by atoms with Crippen LogP contribution in [0.5, 0.6) is 0 Å². The summed E-state index contributed by atoms with van der Waals surface area (Å²) in [5, 5.41) is 0. The van der Waals surface area contributed by atoms with Crippen LogP contribution in [-0.4, -0.2) is 29.9 Å². The second kappa shape index (κ2) is 7.63. The van der Waals surface area contributed by atoms with Crippen LogP contribution in [0.2, 0.25) is 0 Å². The van der Waals surface area contributed by atoms with Crippen molar-refractivity contribution in [2.45, 2.75) is 32.7 Å². The Balaban J connectivity index is 3.94. The molecule has 0 fully saturated rings. The highest BCUT2D eigenvalue weighted by atomic mass is 35.5. The molecule has 0 amide bonds. The maximum absolute atomic E-state index is 5.71. The van der Waals surface area contributed by atoms with Gasteiger partial charge in [-0.05, 0) is 12.8 Å². The first-order valence-corrected chi connectivity index (χ1v) is 5.24.